The standard InChI is InChI=1S/C19H22N2O2/c1-14(16-10-6-4-7-11-16)20-18(22)19(23)21(3)15(2)17-12-8-5-9-13-17/h4-15H,1-3H3,(H,20,22)/t14-,15+/m0/s1. The second kappa shape index (κ2) is 7.58. The monoisotopic (exact) mass is 310 g/mol. The molecular formula is C19H22N2O2. The summed E-state index contributed by atoms with van der Waals surface area (Å²) in [6.45, 7) is 3.77. The Morgan fingerprint density at radius 1 is 0.870 bits per heavy atom. The maximum absolute atomic E-state index is 12.3. The van der Waals surface area contributed by atoms with Crippen LogP contribution in [0.5, 0.6) is 0 Å². The molecule has 2 aromatic rings. The molecule has 0 unspecified atom stereocenters. The third-order valence-electron chi connectivity index (χ3n) is 4.02. The van der Waals surface area contributed by atoms with Crippen molar-refractivity contribution >= 4 is 11.8 Å². The average molecular weight is 310 g/mol. The molecule has 2 rings (SSSR count). The number of benzene rings is 2. The van der Waals surface area contributed by atoms with Crippen LogP contribution in [0.2, 0.25) is 0 Å². The quantitative estimate of drug-likeness (QED) is 0.882. The molecule has 1 N–H and O–H groups in total. The topological polar surface area (TPSA) is 49.4 Å². The Balaban J connectivity index is 2.00. The van der Waals surface area contributed by atoms with Crippen LogP contribution in [-0.2, 0) is 9.59 Å². The molecule has 120 valence electrons. The smallest absolute Gasteiger partial charge is 0.312 e. The van der Waals surface area contributed by atoms with Gasteiger partial charge < -0.3 is 10.2 Å². The third kappa shape index (κ3) is 4.19. The van der Waals surface area contributed by atoms with E-state index in [4.69, 9.17) is 0 Å². The van der Waals surface area contributed by atoms with Gasteiger partial charge in [-0.2, -0.15) is 0 Å². The molecule has 2 amide bonds. The van der Waals surface area contributed by atoms with E-state index in [0.29, 0.717) is 0 Å². The second-order valence-electron chi connectivity index (χ2n) is 5.61. The van der Waals surface area contributed by atoms with Gasteiger partial charge in [0.2, 0.25) is 0 Å². The Morgan fingerprint density at radius 3 is 1.87 bits per heavy atom. The zero-order valence-electron chi connectivity index (χ0n) is 13.7. The van der Waals surface area contributed by atoms with E-state index in [1.54, 1.807) is 7.05 Å². The summed E-state index contributed by atoms with van der Waals surface area (Å²) in [6.07, 6.45) is 0. The van der Waals surface area contributed by atoms with Crippen LogP contribution in [0.25, 0.3) is 0 Å². The summed E-state index contributed by atoms with van der Waals surface area (Å²) in [5, 5.41) is 2.75. The molecule has 0 aromatic heterocycles. The lowest BCUT2D eigenvalue weighted by atomic mass is 10.1. The molecule has 2 aromatic carbocycles. The van der Waals surface area contributed by atoms with Crippen LogP contribution in [-0.4, -0.2) is 23.8 Å². The number of hydrogen-bond acceptors (Lipinski definition) is 2. The van der Waals surface area contributed by atoms with Crippen LogP contribution in [0.15, 0.2) is 60.7 Å². The molecule has 0 radical (unpaired) electrons. The molecule has 0 aliphatic heterocycles. The summed E-state index contributed by atoms with van der Waals surface area (Å²) in [5.41, 5.74) is 1.96. The molecule has 0 aliphatic carbocycles. The summed E-state index contributed by atoms with van der Waals surface area (Å²) in [6, 6.07) is 18.8. The highest BCUT2D eigenvalue weighted by atomic mass is 16.2. The first-order valence-electron chi connectivity index (χ1n) is 7.68. The molecule has 0 fully saturated rings. The minimum atomic E-state index is -0.591. The summed E-state index contributed by atoms with van der Waals surface area (Å²) >= 11 is 0. The molecule has 4 nitrogen and oxygen atoms in total. The van der Waals surface area contributed by atoms with Crippen molar-refractivity contribution < 1.29 is 9.59 Å². The molecule has 2 atom stereocenters. The van der Waals surface area contributed by atoms with Crippen molar-refractivity contribution in [3.63, 3.8) is 0 Å². The summed E-state index contributed by atoms with van der Waals surface area (Å²) in [5.74, 6) is -1.13. The van der Waals surface area contributed by atoms with Crippen molar-refractivity contribution in [3.8, 4) is 0 Å². The molecule has 0 saturated heterocycles. The van der Waals surface area contributed by atoms with Gasteiger partial charge >= 0.3 is 11.8 Å². The van der Waals surface area contributed by atoms with E-state index in [9.17, 15) is 9.59 Å². The van der Waals surface area contributed by atoms with Crippen molar-refractivity contribution in [2.24, 2.45) is 0 Å². The van der Waals surface area contributed by atoms with Gasteiger partial charge in [-0.25, -0.2) is 0 Å². The van der Waals surface area contributed by atoms with E-state index in [-0.39, 0.29) is 12.1 Å². The number of carbonyl (C=O) groups is 2. The highest BCUT2D eigenvalue weighted by molar-refractivity contribution is 6.35. The van der Waals surface area contributed by atoms with Crippen molar-refractivity contribution in [1.82, 2.24) is 10.2 Å². The zero-order chi connectivity index (χ0) is 16.8. The normalized spacial score (nSPS) is 13.0. The van der Waals surface area contributed by atoms with Gasteiger partial charge in [0.05, 0.1) is 12.1 Å². The first-order valence-corrected chi connectivity index (χ1v) is 7.68. The Hall–Kier alpha value is -2.62. The van der Waals surface area contributed by atoms with Crippen LogP contribution < -0.4 is 5.32 Å². The molecular weight excluding hydrogens is 288 g/mol. The summed E-state index contributed by atoms with van der Waals surface area (Å²) < 4.78 is 0. The fourth-order valence-electron chi connectivity index (χ4n) is 2.37. The van der Waals surface area contributed by atoms with Crippen molar-refractivity contribution in [1.29, 1.82) is 0 Å². The van der Waals surface area contributed by atoms with Gasteiger partial charge in [-0.15, -0.1) is 0 Å². The summed E-state index contributed by atoms with van der Waals surface area (Å²) in [4.78, 5) is 26.0. The first kappa shape index (κ1) is 16.7. The fourth-order valence-corrected chi connectivity index (χ4v) is 2.37. The Bertz CT molecular complexity index is 656. The van der Waals surface area contributed by atoms with Gasteiger partial charge in [0, 0.05) is 7.05 Å². The van der Waals surface area contributed by atoms with E-state index < -0.39 is 11.8 Å². The fraction of sp³-hybridized carbons (Fsp3) is 0.263. The first-order chi connectivity index (χ1) is 11.0. The molecule has 0 saturated carbocycles. The van der Waals surface area contributed by atoms with E-state index in [1.165, 1.54) is 4.90 Å². The number of hydrogen-bond donors (Lipinski definition) is 1. The van der Waals surface area contributed by atoms with Crippen LogP contribution in [0.3, 0.4) is 0 Å². The predicted octanol–water partition coefficient (Wildman–Crippen LogP) is 3.08. The van der Waals surface area contributed by atoms with Gasteiger partial charge in [0.25, 0.3) is 0 Å². The number of likely N-dealkylation sites (N-methyl/N-ethyl adjacent to an activating group) is 1. The zero-order valence-corrected chi connectivity index (χ0v) is 13.7. The number of carbonyl (C=O) groups excluding carboxylic acids is 2. The minimum absolute atomic E-state index is 0.165. The maximum atomic E-state index is 12.3. The van der Waals surface area contributed by atoms with Crippen LogP contribution >= 0.6 is 0 Å². The number of amides is 2. The SMILES string of the molecule is C[C@H](NC(=O)C(=O)N(C)[C@H](C)c1ccccc1)c1ccccc1. The van der Waals surface area contributed by atoms with Crippen molar-refractivity contribution in [3.05, 3.63) is 71.8 Å². The number of nitrogens with zero attached hydrogens (tertiary/aromatic N) is 1. The van der Waals surface area contributed by atoms with Gasteiger partial charge in [0.1, 0.15) is 0 Å². The Kier molecular flexibility index (Phi) is 5.52. The van der Waals surface area contributed by atoms with E-state index in [0.717, 1.165) is 11.1 Å². The molecule has 4 heteroatoms. The molecule has 0 heterocycles. The Labute approximate surface area is 137 Å². The third-order valence-corrected chi connectivity index (χ3v) is 4.02. The maximum Gasteiger partial charge on any atom is 0.312 e. The number of nitrogens with one attached hydrogen (secondary N) is 1. The van der Waals surface area contributed by atoms with Gasteiger partial charge in [0.15, 0.2) is 0 Å². The predicted molar refractivity (Wildman–Crippen MR) is 90.6 cm³/mol. The van der Waals surface area contributed by atoms with Crippen molar-refractivity contribution in [2.45, 2.75) is 25.9 Å². The lowest BCUT2D eigenvalue weighted by molar-refractivity contribution is -0.146. The average Bonchev–Trinajstić information content (AvgIpc) is 2.61. The van der Waals surface area contributed by atoms with Gasteiger partial charge in [-0.3, -0.25) is 9.59 Å². The lowest BCUT2D eigenvalue weighted by Gasteiger charge is -2.25. The second-order valence-corrected chi connectivity index (χ2v) is 5.61. The van der Waals surface area contributed by atoms with Crippen LogP contribution in [0.4, 0.5) is 0 Å². The lowest BCUT2D eigenvalue weighted by Crippen LogP contribution is -2.42. The minimum Gasteiger partial charge on any atom is -0.341 e. The van der Waals surface area contributed by atoms with E-state index >= 15 is 0 Å². The molecule has 23 heavy (non-hydrogen) atoms. The Morgan fingerprint density at radius 2 is 1.35 bits per heavy atom. The van der Waals surface area contributed by atoms with Gasteiger partial charge in [-0.05, 0) is 25.0 Å². The summed E-state index contributed by atoms with van der Waals surface area (Å²) in [7, 11) is 1.65. The van der Waals surface area contributed by atoms with E-state index in [2.05, 4.69) is 5.32 Å². The molecule has 0 aliphatic rings. The highest BCUT2D eigenvalue weighted by Crippen LogP contribution is 2.18. The molecule has 0 spiro atoms. The van der Waals surface area contributed by atoms with Crippen molar-refractivity contribution in [2.75, 3.05) is 7.05 Å². The van der Waals surface area contributed by atoms with Crippen LogP contribution in [0.1, 0.15) is 37.1 Å². The van der Waals surface area contributed by atoms with Gasteiger partial charge in [-0.1, -0.05) is 60.7 Å². The van der Waals surface area contributed by atoms with Crippen LogP contribution in [0, 0.1) is 0 Å². The molecule has 0 bridgehead atoms. The highest BCUT2D eigenvalue weighted by Gasteiger charge is 2.24. The number of rotatable bonds is 4. The largest absolute Gasteiger partial charge is 0.341 e. The van der Waals surface area contributed by atoms with E-state index in [1.807, 2.05) is 74.5 Å².